The van der Waals surface area contributed by atoms with Crippen LogP contribution in [-0.4, -0.2) is 10.9 Å². The largest absolute Gasteiger partial charge is 0.397 e. The van der Waals surface area contributed by atoms with Crippen molar-refractivity contribution in [2.45, 2.75) is 13.5 Å². The zero-order chi connectivity index (χ0) is 13.8. The number of primary amides is 1. The number of hydrogen-bond acceptors (Lipinski definition) is 4. The van der Waals surface area contributed by atoms with Crippen LogP contribution in [0.15, 0.2) is 36.5 Å². The van der Waals surface area contributed by atoms with Crippen molar-refractivity contribution in [3.8, 4) is 0 Å². The molecule has 0 radical (unpaired) electrons. The van der Waals surface area contributed by atoms with Gasteiger partial charge >= 0.3 is 0 Å². The van der Waals surface area contributed by atoms with E-state index in [1.807, 2.05) is 19.1 Å². The number of nitrogens with one attached hydrogen (secondary N) is 1. The number of hydrogen-bond donors (Lipinski definition) is 3. The number of aryl methyl sites for hydroxylation is 1. The number of carbonyl (C=O) groups excluding carboxylic acids is 1. The van der Waals surface area contributed by atoms with Crippen LogP contribution in [0.3, 0.4) is 0 Å². The molecule has 0 aliphatic rings. The lowest BCUT2D eigenvalue weighted by atomic mass is 10.1. The molecule has 1 aromatic carbocycles. The molecule has 0 bridgehead atoms. The summed E-state index contributed by atoms with van der Waals surface area (Å²) < 4.78 is 0. The van der Waals surface area contributed by atoms with Gasteiger partial charge in [-0.15, -0.1) is 0 Å². The Balaban J connectivity index is 2.12. The van der Waals surface area contributed by atoms with Gasteiger partial charge in [0, 0.05) is 11.8 Å². The second kappa shape index (κ2) is 5.39. The summed E-state index contributed by atoms with van der Waals surface area (Å²) >= 11 is 0. The molecule has 19 heavy (non-hydrogen) atoms. The Bertz CT molecular complexity index is 610. The van der Waals surface area contributed by atoms with Gasteiger partial charge in [-0.25, -0.2) is 0 Å². The molecule has 1 aromatic heterocycles. The van der Waals surface area contributed by atoms with Gasteiger partial charge in [0.05, 0.1) is 23.6 Å². The summed E-state index contributed by atoms with van der Waals surface area (Å²) in [5.74, 6) is -0.487. The molecule has 0 saturated heterocycles. The maximum Gasteiger partial charge on any atom is 0.248 e. The van der Waals surface area contributed by atoms with E-state index in [0.29, 0.717) is 17.8 Å². The highest BCUT2D eigenvalue weighted by Gasteiger charge is 2.05. The van der Waals surface area contributed by atoms with E-state index in [0.717, 1.165) is 16.9 Å². The summed E-state index contributed by atoms with van der Waals surface area (Å²) in [5, 5.41) is 3.20. The number of nitrogen functional groups attached to an aromatic ring is 1. The first kappa shape index (κ1) is 12.9. The SMILES string of the molecule is Cc1cccnc1CNc1ccc(C(N)=O)cc1N. The van der Waals surface area contributed by atoms with Crippen molar-refractivity contribution in [2.24, 2.45) is 5.73 Å². The molecule has 0 spiro atoms. The standard InChI is InChI=1S/C14H16N4O/c1-9-3-2-6-17-13(9)8-18-12-5-4-10(14(16)19)7-11(12)15/h2-7,18H,8,15H2,1H3,(H2,16,19). The van der Waals surface area contributed by atoms with E-state index in [4.69, 9.17) is 11.5 Å². The zero-order valence-electron chi connectivity index (χ0n) is 10.7. The fourth-order valence-electron chi connectivity index (χ4n) is 1.76. The van der Waals surface area contributed by atoms with Crippen LogP contribution in [-0.2, 0) is 6.54 Å². The van der Waals surface area contributed by atoms with Gasteiger partial charge < -0.3 is 16.8 Å². The minimum atomic E-state index is -0.487. The minimum absolute atomic E-state index is 0.400. The molecule has 2 aromatic rings. The number of nitrogens with zero attached hydrogens (tertiary/aromatic N) is 1. The van der Waals surface area contributed by atoms with Crippen molar-refractivity contribution in [3.05, 3.63) is 53.3 Å². The third kappa shape index (κ3) is 3.01. The second-order valence-corrected chi connectivity index (χ2v) is 4.29. The van der Waals surface area contributed by atoms with E-state index in [1.54, 1.807) is 24.4 Å². The first-order valence-electron chi connectivity index (χ1n) is 5.91. The van der Waals surface area contributed by atoms with Crippen molar-refractivity contribution in [3.63, 3.8) is 0 Å². The van der Waals surface area contributed by atoms with E-state index in [9.17, 15) is 4.79 Å². The molecule has 0 aliphatic carbocycles. The molecule has 5 nitrogen and oxygen atoms in total. The van der Waals surface area contributed by atoms with Crippen LogP contribution in [0.4, 0.5) is 11.4 Å². The monoisotopic (exact) mass is 256 g/mol. The number of pyridine rings is 1. The van der Waals surface area contributed by atoms with E-state index in [1.165, 1.54) is 0 Å². The van der Waals surface area contributed by atoms with Crippen molar-refractivity contribution >= 4 is 17.3 Å². The minimum Gasteiger partial charge on any atom is -0.397 e. The van der Waals surface area contributed by atoms with Crippen LogP contribution < -0.4 is 16.8 Å². The van der Waals surface area contributed by atoms with E-state index >= 15 is 0 Å². The Kier molecular flexibility index (Phi) is 3.66. The van der Waals surface area contributed by atoms with Gasteiger partial charge in [-0.05, 0) is 36.8 Å². The van der Waals surface area contributed by atoms with Gasteiger partial charge in [-0.2, -0.15) is 0 Å². The zero-order valence-corrected chi connectivity index (χ0v) is 10.7. The molecule has 1 heterocycles. The Morgan fingerprint density at radius 1 is 1.37 bits per heavy atom. The molecule has 0 aliphatic heterocycles. The number of amides is 1. The van der Waals surface area contributed by atoms with Crippen molar-refractivity contribution in [1.29, 1.82) is 0 Å². The number of carbonyl (C=O) groups is 1. The molecule has 0 fully saturated rings. The first-order valence-corrected chi connectivity index (χ1v) is 5.91. The van der Waals surface area contributed by atoms with Gasteiger partial charge in [0.25, 0.3) is 0 Å². The fraction of sp³-hybridized carbons (Fsp3) is 0.143. The topological polar surface area (TPSA) is 94.0 Å². The average molecular weight is 256 g/mol. The highest BCUT2D eigenvalue weighted by Crippen LogP contribution is 2.20. The molecule has 0 unspecified atom stereocenters. The lowest BCUT2D eigenvalue weighted by molar-refractivity contribution is 0.100. The molecular weight excluding hydrogens is 240 g/mol. The van der Waals surface area contributed by atoms with Gasteiger partial charge in [-0.1, -0.05) is 6.07 Å². The van der Waals surface area contributed by atoms with Crippen LogP contribution in [0.5, 0.6) is 0 Å². The number of aromatic nitrogens is 1. The van der Waals surface area contributed by atoms with Gasteiger partial charge in [0.2, 0.25) is 5.91 Å². The third-order valence-electron chi connectivity index (χ3n) is 2.90. The van der Waals surface area contributed by atoms with E-state index < -0.39 is 5.91 Å². The molecule has 5 N–H and O–H groups in total. The van der Waals surface area contributed by atoms with Crippen LogP contribution in [0.1, 0.15) is 21.6 Å². The van der Waals surface area contributed by atoms with Crippen LogP contribution >= 0.6 is 0 Å². The Morgan fingerprint density at radius 3 is 2.79 bits per heavy atom. The van der Waals surface area contributed by atoms with E-state index in [2.05, 4.69) is 10.3 Å². The van der Waals surface area contributed by atoms with Crippen LogP contribution in [0.25, 0.3) is 0 Å². The maximum atomic E-state index is 11.0. The van der Waals surface area contributed by atoms with Crippen molar-refractivity contribution in [2.75, 3.05) is 11.1 Å². The predicted molar refractivity (Wildman–Crippen MR) is 75.7 cm³/mol. The summed E-state index contributed by atoms with van der Waals surface area (Å²) in [6.45, 7) is 2.58. The molecule has 98 valence electrons. The maximum absolute atomic E-state index is 11.0. The summed E-state index contributed by atoms with van der Waals surface area (Å²) in [4.78, 5) is 15.3. The first-order chi connectivity index (χ1) is 9.08. The molecule has 0 saturated carbocycles. The number of benzene rings is 1. The summed E-state index contributed by atoms with van der Waals surface area (Å²) in [5.41, 5.74) is 14.8. The molecule has 0 atom stereocenters. The van der Waals surface area contributed by atoms with Crippen molar-refractivity contribution in [1.82, 2.24) is 4.98 Å². The highest BCUT2D eigenvalue weighted by atomic mass is 16.1. The number of rotatable bonds is 4. The smallest absolute Gasteiger partial charge is 0.248 e. The average Bonchev–Trinajstić information content (AvgIpc) is 2.39. The van der Waals surface area contributed by atoms with Crippen LogP contribution in [0.2, 0.25) is 0 Å². The fourth-order valence-corrected chi connectivity index (χ4v) is 1.76. The number of anilines is 2. The summed E-state index contributed by atoms with van der Waals surface area (Å²) in [6.07, 6.45) is 1.75. The molecule has 1 amide bonds. The number of nitrogens with two attached hydrogens (primary N) is 2. The normalized spacial score (nSPS) is 10.2. The summed E-state index contributed by atoms with van der Waals surface area (Å²) in [7, 11) is 0. The van der Waals surface area contributed by atoms with Crippen molar-refractivity contribution < 1.29 is 4.79 Å². The van der Waals surface area contributed by atoms with E-state index in [-0.39, 0.29) is 0 Å². The lowest BCUT2D eigenvalue weighted by Gasteiger charge is -2.11. The van der Waals surface area contributed by atoms with Gasteiger partial charge in [0.1, 0.15) is 0 Å². The molecular formula is C14H16N4O. The second-order valence-electron chi connectivity index (χ2n) is 4.29. The lowest BCUT2D eigenvalue weighted by Crippen LogP contribution is -2.12. The van der Waals surface area contributed by atoms with Gasteiger partial charge in [-0.3, -0.25) is 9.78 Å². The predicted octanol–water partition coefficient (Wildman–Crippen LogP) is 1.68. The van der Waals surface area contributed by atoms with Crippen LogP contribution in [0, 0.1) is 6.92 Å². The third-order valence-corrected chi connectivity index (χ3v) is 2.90. The Morgan fingerprint density at radius 2 is 2.16 bits per heavy atom. The quantitative estimate of drug-likeness (QED) is 0.725. The van der Waals surface area contributed by atoms with Gasteiger partial charge in [0.15, 0.2) is 0 Å². The molecule has 5 heteroatoms. The summed E-state index contributed by atoms with van der Waals surface area (Å²) in [6, 6.07) is 8.86. The highest BCUT2D eigenvalue weighted by molar-refractivity contribution is 5.94. The Labute approximate surface area is 111 Å². The molecule has 2 rings (SSSR count). The Hall–Kier alpha value is -2.56.